The van der Waals surface area contributed by atoms with E-state index in [0.29, 0.717) is 31.7 Å². The maximum Gasteiger partial charge on any atom is 0.267 e. The second-order valence-electron chi connectivity index (χ2n) is 6.62. The molecule has 1 fully saturated rings. The minimum atomic E-state index is -0.545. The monoisotopic (exact) mass is 388 g/mol. The Hall–Kier alpha value is -3.23. The Morgan fingerprint density at radius 1 is 1.25 bits per heavy atom. The first kappa shape index (κ1) is 19.5. The standard InChI is InChI=1S/C19H21FN4O4/c1-28-13-2-3-14(15(20)10-13)16-4-5-17(25)24(22-16)11-18(26)23-8-6-12(7-9-23)19(21)27/h2-5,10,12H,6-9,11H2,1H3,(H2,21,27). The largest absolute Gasteiger partial charge is 0.497 e. The van der Waals surface area contributed by atoms with Crippen molar-refractivity contribution < 1.29 is 18.7 Å². The van der Waals surface area contributed by atoms with Gasteiger partial charge in [0.15, 0.2) is 0 Å². The first-order valence-corrected chi connectivity index (χ1v) is 8.88. The highest BCUT2D eigenvalue weighted by Crippen LogP contribution is 2.24. The van der Waals surface area contributed by atoms with Crippen LogP contribution in [0.3, 0.4) is 0 Å². The van der Waals surface area contributed by atoms with Crippen LogP contribution in [0.4, 0.5) is 4.39 Å². The Kier molecular flexibility index (Phi) is 5.72. The summed E-state index contributed by atoms with van der Waals surface area (Å²) in [7, 11) is 1.44. The Labute approximate surface area is 160 Å². The van der Waals surface area contributed by atoms with E-state index in [1.807, 2.05) is 0 Å². The maximum atomic E-state index is 14.3. The van der Waals surface area contributed by atoms with Gasteiger partial charge in [-0.3, -0.25) is 14.4 Å². The van der Waals surface area contributed by atoms with Gasteiger partial charge in [0.2, 0.25) is 11.8 Å². The lowest BCUT2D eigenvalue weighted by Crippen LogP contribution is -2.44. The van der Waals surface area contributed by atoms with E-state index in [1.165, 1.54) is 31.4 Å². The van der Waals surface area contributed by atoms with Gasteiger partial charge in [-0.05, 0) is 31.0 Å². The molecule has 2 amide bonds. The fourth-order valence-electron chi connectivity index (χ4n) is 3.18. The maximum absolute atomic E-state index is 14.3. The van der Waals surface area contributed by atoms with Crippen LogP contribution in [0.5, 0.6) is 5.75 Å². The van der Waals surface area contributed by atoms with Crippen LogP contribution in [0, 0.1) is 11.7 Å². The Bertz CT molecular complexity index is 951. The number of hydrogen-bond acceptors (Lipinski definition) is 5. The molecular weight excluding hydrogens is 367 g/mol. The molecule has 9 heteroatoms. The highest BCUT2D eigenvalue weighted by molar-refractivity contribution is 5.78. The van der Waals surface area contributed by atoms with Crippen molar-refractivity contribution in [2.45, 2.75) is 19.4 Å². The van der Waals surface area contributed by atoms with Crippen molar-refractivity contribution in [3.8, 4) is 17.0 Å². The molecule has 28 heavy (non-hydrogen) atoms. The fourth-order valence-corrected chi connectivity index (χ4v) is 3.18. The van der Waals surface area contributed by atoms with E-state index < -0.39 is 11.4 Å². The molecule has 0 radical (unpaired) electrons. The minimum absolute atomic E-state index is 0.198. The number of carbonyl (C=O) groups excluding carboxylic acids is 2. The lowest BCUT2D eigenvalue weighted by Gasteiger charge is -2.30. The van der Waals surface area contributed by atoms with Crippen LogP contribution < -0.4 is 16.0 Å². The Morgan fingerprint density at radius 3 is 2.57 bits per heavy atom. The summed E-state index contributed by atoms with van der Waals surface area (Å²) in [4.78, 5) is 37.4. The van der Waals surface area contributed by atoms with E-state index in [1.54, 1.807) is 11.0 Å². The van der Waals surface area contributed by atoms with Gasteiger partial charge in [-0.25, -0.2) is 9.07 Å². The lowest BCUT2D eigenvalue weighted by atomic mass is 9.96. The highest BCUT2D eigenvalue weighted by atomic mass is 19.1. The molecule has 1 aromatic heterocycles. The summed E-state index contributed by atoms with van der Waals surface area (Å²) in [6.07, 6.45) is 1.00. The molecule has 1 aromatic carbocycles. The number of nitrogens with zero attached hydrogens (tertiary/aromatic N) is 3. The Morgan fingerprint density at radius 2 is 1.96 bits per heavy atom. The third-order valence-electron chi connectivity index (χ3n) is 4.85. The molecule has 0 bridgehead atoms. The smallest absolute Gasteiger partial charge is 0.267 e. The molecule has 0 atom stereocenters. The van der Waals surface area contributed by atoms with Crippen molar-refractivity contribution in [1.82, 2.24) is 14.7 Å². The molecule has 1 aliphatic heterocycles. The number of piperidine rings is 1. The number of nitrogens with two attached hydrogens (primary N) is 1. The summed E-state index contributed by atoms with van der Waals surface area (Å²) in [6.45, 7) is 0.535. The second kappa shape index (κ2) is 8.20. The lowest BCUT2D eigenvalue weighted by molar-refractivity contribution is -0.135. The Balaban J connectivity index is 1.76. The van der Waals surface area contributed by atoms with E-state index in [2.05, 4.69) is 5.10 Å². The van der Waals surface area contributed by atoms with Gasteiger partial charge in [0.25, 0.3) is 5.56 Å². The minimum Gasteiger partial charge on any atom is -0.497 e. The molecule has 0 spiro atoms. The van der Waals surface area contributed by atoms with Crippen molar-refractivity contribution in [2.75, 3.05) is 20.2 Å². The van der Waals surface area contributed by atoms with Gasteiger partial charge in [0.05, 0.1) is 12.8 Å². The van der Waals surface area contributed by atoms with Crippen LogP contribution in [0.1, 0.15) is 12.8 Å². The number of benzene rings is 1. The van der Waals surface area contributed by atoms with E-state index in [0.717, 1.165) is 4.68 Å². The van der Waals surface area contributed by atoms with Crippen molar-refractivity contribution in [1.29, 1.82) is 0 Å². The molecule has 0 aliphatic carbocycles. The van der Waals surface area contributed by atoms with Crippen LogP contribution in [0.15, 0.2) is 35.1 Å². The number of halogens is 1. The molecule has 2 heterocycles. The number of likely N-dealkylation sites (tertiary alicyclic amines) is 1. The summed E-state index contributed by atoms with van der Waals surface area (Å²) < 4.78 is 20.3. The molecule has 1 aliphatic rings. The van der Waals surface area contributed by atoms with Crippen LogP contribution in [0.2, 0.25) is 0 Å². The molecule has 2 N–H and O–H groups in total. The number of methoxy groups -OCH3 is 1. The molecule has 0 unspecified atom stereocenters. The number of rotatable bonds is 5. The van der Waals surface area contributed by atoms with Gasteiger partial charge in [-0.15, -0.1) is 0 Å². The number of primary amides is 1. The predicted molar refractivity (Wildman–Crippen MR) is 98.9 cm³/mol. The van der Waals surface area contributed by atoms with E-state index in [-0.39, 0.29) is 35.5 Å². The molecular formula is C19H21FN4O4. The molecule has 148 valence electrons. The summed E-state index contributed by atoms with van der Waals surface area (Å²) >= 11 is 0. The topological polar surface area (TPSA) is 108 Å². The molecule has 0 saturated carbocycles. The number of amides is 2. The van der Waals surface area contributed by atoms with Crippen molar-refractivity contribution in [2.24, 2.45) is 11.7 Å². The molecule has 1 saturated heterocycles. The normalized spacial score (nSPS) is 14.7. The quantitative estimate of drug-likeness (QED) is 0.815. The number of carbonyl (C=O) groups is 2. The second-order valence-corrected chi connectivity index (χ2v) is 6.62. The van der Waals surface area contributed by atoms with Crippen LogP contribution in [-0.4, -0.2) is 46.7 Å². The summed E-state index contributed by atoms with van der Waals surface area (Å²) in [5.41, 5.74) is 5.27. The third-order valence-corrected chi connectivity index (χ3v) is 4.85. The van der Waals surface area contributed by atoms with E-state index in [9.17, 15) is 18.8 Å². The highest BCUT2D eigenvalue weighted by Gasteiger charge is 2.26. The summed E-state index contributed by atoms with van der Waals surface area (Å²) in [5.74, 6) is -1.06. The van der Waals surface area contributed by atoms with Gasteiger partial charge in [-0.1, -0.05) is 0 Å². The van der Waals surface area contributed by atoms with Crippen molar-refractivity contribution in [3.05, 3.63) is 46.5 Å². The zero-order valence-corrected chi connectivity index (χ0v) is 15.4. The van der Waals surface area contributed by atoms with Gasteiger partial charge in [-0.2, -0.15) is 5.10 Å². The van der Waals surface area contributed by atoms with Gasteiger partial charge < -0.3 is 15.4 Å². The average molecular weight is 388 g/mol. The SMILES string of the molecule is COc1ccc(-c2ccc(=O)n(CC(=O)N3CCC(C(N)=O)CC3)n2)c(F)c1. The van der Waals surface area contributed by atoms with Crippen LogP contribution in [0.25, 0.3) is 11.3 Å². The first-order chi connectivity index (χ1) is 13.4. The van der Waals surface area contributed by atoms with Gasteiger partial charge >= 0.3 is 0 Å². The average Bonchev–Trinajstić information content (AvgIpc) is 2.69. The number of ether oxygens (including phenoxy) is 1. The van der Waals surface area contributed by atoms with Crippen molar-refractivity contribution in [3.63, 3.8) is 0 Å². The van der Waals surface area contributed by atoms with Gasteiger partial charge in [0.1, 0.15) is 18.1 Å². The molecule has 3 rings (SSSR count). The third kappa shape index (κ3) is 4.19. The molecule has 2 aromatic rings. The summed E-state index contributed by atoms with van der Waals surface area (Å²) in [5, 5.41) is 4.14. The fraction of sp³-hybridized carbons (Fsp3) is 0.368. The van der Waals surface area contributed by atoms with Gasteiger partial charge in [0, 0.05) is 36.7 Å². The zero-order valence-electron chi connectivity index (χ0n) is 15.4. The van der Waals surface area contributed by atoms with Crippen molar-refractivity contribution >= 4 is 11.8 Å². The number of aromatic nitrogens is 2. The van der Waals surface area contributed by atoms with Crippen LogP contribution >= 0.6 is 0 Å². The van der Waals surface area contributed by atoms with E-state index in [4.69, 9.17) is 10.5 Å². The van der Waals surface area contributed by atoms with E-state index >= 15 is 0 Å². The number of hydrogen-bond donors (Lipinski definition) is 1. The molecule has 8 nitrogen and oxygen atoms in total. The predicted octanol–water partition coefficient (Wildman–Crippen LogP) is 0.782. The van der Waals surface area contributed by atoms with Crippen LogP contribution in [-0.2, 0) is 16.1 Å². The summed E-state index contributed by atoms with van der Waals surface area (Å²) in [6, 6.07) is 6.97. The first-order valence-electron chi connectivity index (χ1n) is 8.88. The zero-order chi connectivity index (χ0) is 20.3.